The summed E-state index contributed by atoms with van der Waals surface area (Å²) in [5.74, 6) is 1.13. The Morgan fingerprint density at radius 3 is 2.67 bits per heavy atom. The fourth-order valence-corrected chi connectivity index (χ4v) is 7.87. The second-order valence-electron chi connectivity index (χ2n) is 11.8. The third-order valence-corrected chi connectivity index (χ3v) is 9.43. The quantitative estimate of drug-likeness (QED) is 0.575. The number of amides is 1. The highest BCUT2D eigenvalue weighted by atomic mass is 16.5. The van der Waals surface area contributed by atoms with Gasteiger partial charge in [0.1, 0.15) is 5.75 Å². The first-order valence-corrected chi connectivity index (χ1v) is 13.8. The number of benzene rings is 2. The van der Waals surface area contributed by atoms with E-state index in [1.807, 2.05) is 54.4 Å². The fourth-order valence-electron chi connectivity index (χ4n) is 7.87. The average molecular weight is 491 g/mol. The number of phenols is 1. The molecule has 1 amide bonds. The Morgan fingerprint density at radius 2 is 1.97 bits per heavy atom. The first kappa shape index (κ1) is 25.3. The van der Waals surface area contributed by atoms with E-state index < -0.39 is 0 Å². The zero-order valence-electron chi connectivity index (χ0n) is 22.5. The minimum Gasteiger partial charge on any atom is -0.508 e. The number of hydrogen-bond acceptors (Lipinski definition) is 4. The van der Waals surface area contributed by atoms with Gasteiger partial charge in [0.2, 0.25) is 0 Å². The summed E-state index contributed by atoms with van der Waals surface area (Å²) in [6.45, 7) is 11.8. The summed E-state index contributed by atoms with van der Waals surface area (Å²) < 4.78 is 6.92. The highest BCUT2D eigenvalue weighted by Crippen LogP contribution is 2.62. The number of piperidine rings is 1. The molecule has 2 aliphatic heterocycles. The van der Waals surface area contributed by atoms with Gasteiger partial charge in [0.15, 0.2) is 0 Å². The van der Waals surface area contributed by atoms with E-state index in [0.717, 1.165) is 44.3 Å². The maximum absolute atomic E-state index is 13.6. The summed E-state index contributed by atoms with van der Waals surface area (Å²) in [6.07, 6.45) is 3.83. The van der Waals surface area contributed by atoms with E-state index >= 15 is 0 Å². The minimum absolute atomic E-state index is 0.0510. The molecule has 1 aliphatic carbocycles. The van der Waals surface area contributed by atoms with Crippen molar-refractivity contribution in [3.05, 3.63) is 65.2 Å². The average Bonchev–Trinajstić information content (AvgIpc) is 3.18. The molecule has 2 aromatic rings. The van der Waals surface area contributed by atoms with Crippen molar-refractivity contribution in [2.24, 2.45) is 11.8 Å². The van der Waals surface area contributed by atoms with E-state index in [1.165, 1.54) is 11.1 Å². The summed E-state index contributed by atoms with van der Waals surface area (Å²) in [6, 6.07) is 15.9. The van der Waals surface area contributed by atoms with E-state index in [2.05, 4.69) is 38.7 Å². The lowest BCUT2D eigenvalue weighted by Crippen LogP contribution is -2.71. The van der Waals surface area contributed by atoms with Crippen LogP contribution in [0.15, 0.2) is 48.5 Å². The van der Waals surface area contributed by atoms with Crippen LogP contribution in [-0.4, -0.2) is 65.2 Å². The lowest BCUT2D eigenvalue weighted by atomic mass is 9.50. The van der Waals surface area contributed by atoms with Crippen LogP contribution in [0.1, 0.15) is 68.4 Å². The van der Waals surface area contributed by atoms with Crippen molar-refractivity contribution in [1.29, 1.82) is 0 Å². The van der Waals surface area contributed by atoms with Crippen molar-refractivity contribution in [2.45, 2.75) is 76.5 Å². The molecule has 194 valence electrons. The van der Waals surface area contributed by atoms with Gasteiger partial charge < -0.3 is 14.7 Å². The molecule has 5 heteroatoms. The normalized spacial score (nSPS) is 30.1. The standard InChI is InChI=1S/C31H42N2O3/c1-6-10-27(32(5)29(35)22-11-8-7-9-12-22)26-20-36-30(4)28-17-23-13-14-24(34)18-25(23)31(26,30)15-16-33(28)19-21(2)3/h7-9,11-14,18,21,26-28,34H,6,10,15-17,19-20H2,1-5H3. The van der Waals surface area contributed by atoms with Gasteiger partial charge in [0, 0.05) is 42.6 Å². The number of fused-ring (bicyclic) bond motifs is 1. The van der Waals surface area contributed by atoms with Gasteiger partial charge in [0.25, 0.3) is 5.91 Å². The molecule has 36 heavy (non-hydrogen) atoms. The highest BCUT2D eigenvalue weighted by molar-refractivity contribution is 5.94. The van der Waals surface area contributed by atoms with Crippen LogP contribution in [0.3, 0.4) is 0 Å². The maximum atomic E-state index is 13.6. The first-order chi connectivity index (χ1) is 17.2. The zero-order chi connectivity index (χ0) is 25.7. The molecule has 2 aromatic carbocycles. The van der Waals surface area contributed by atoms with Gasteiger partial charge in [-0.2, -0.15) is 0 Å². The summed E-state index contributed by atoms with van der Waals surface area (Å²) in [5, 5.41) is 10.6. The SMILES string of the molecule is CCCC(C1COC2(C)C3Cc4ccc(O)cc4C12CCN3CC(C)C)N(C)C(=O)c1ccccc1. The Balaban J connectivity index is 1.61. The molecule has 5 atom stereocenters. The van der Waals surface area contributed by atoms with Crippen LogP contribution in [0.25, 0.3) is 0 Å². The Labute approximate surface area is 216 Å². The van der Waals surface area contributed by atoms with Gasteiger partial charge in [-0.1, -0.05) is 51.5 Å². The van der Waals surface area contributed by atoms with Crippen LogP contribution >= 0.6 is 0 Å². The van der Waals surface area contributed by atoms with Crippen LogP contribution in [-0.2, 0) is 16.6 Å². The molecule has 5 rings (SSSR count). The smallest absolute Gasteiger partial charge is 0.253 e. The molecule has 2 saturated heterocycles. The number of carbonyl (C=O) groups is 1. The third-order valence-electron chi connectivity index (χ3n) is 9.43. The molecule has 0 radical (unpaired) electrons. The number of carbonyl (C=O) groups excluding carboxylic acids is 1. The summed E-state index contributed by atoms with van der Waals surface area (Å²) in [7, 11) is 1.97. The van der Waals surface area contributed by atoms with Gasteiger partial charge in [-0.3, -0.25) is 9.69 Å². The second-order valence-corrected chi connectivity index (χ2v) is 11.8. The van der Waals surface area contributed by atoms with Gasteiger partial charge in [0.05, 0.1) is 12.2 Å². The lowest BCUT2D eigenvalue weighted by molar-refractivity contribution is -0.126. The predicted octanol–water partition coefficient (Wildman–Crippen LogP) is 5.26. The highest BCUT2D eigenvalue weighted by Gasteiger charge is 2.69. The third kappa shape index (κ3) is 3.78. The molecule has 0 spiro atoms. The number of phenolic OH excluding ortho intramolecular Hbond substituents is 1. The van der Waals surface area contributed by atoms with E-state index in [1.54, 1.807) is 0 Å². The first-order valence-electron chi connectivity index (χ1n) is 13.8. The Morgan fingerprint density at radius 1 is 1.22 bits per heavy atom. The second kappa shape index (κ2) is 9.50. The molecule has 5 nitrogen and oxygen atoms in total. The number of hydrogen-bond donors (Lipinski definition) is 1. The number of nitrogens with zero attached hydrogens (tertiary/aromatic N) is 2. The lowest BCUT2D eigenvalue weighted by Gasteiger charge is -2.61. The molecule has 5 unspecified atom stereocenters. The van der Waals surface area contributed by atoms with Crippen molar-refractivity contribution < 1.29 is 14.6 Å². The molecular formula is C31H42N2O3. The molecule has 2 heterocycles. The fraction of sp³-hybridized carbons (Fsp3) is 0.581. The summed E-state index contributed by atoms with van der Waals surface area (Å²) >= 11 is 0. The number of aromatic hydroxyl groups is 1. The molecule has 2 bridgehead atoms. The van der Waals surface area contributed by atoms with Gasteiger partial charge in [-0.25, -0.2) is 0 Å². The van der Waals surface area contributed by atoms with Crippen molar-refractivity contribution in [3.8, 4) is 5.75 Å². The molecule has 0 aromatic heterocycles. The van der Waals surface area contributed by atoms with Crippen molar-refractivity contribution in [2.75, 3.05) is 26.7 Å². The maximum Gasteiger partial charge on any atom is 0.253 e. The Bertz CT molecular complexity index is 1100. The molecule has 0 saturated carbocycles. The van der Waals surface area contributed by atoms with Crippen LogP contribution in [0.5, 0.6) is 5.75 Å². The van der Waals surface area contributed by atoms with E-state index in [4.69, 9.17) is 4.74 Å². The zero-order valence-corrected chi connectivity index (χ0v) is 22.5. The summed E-state index contributed by atoms with van der Waals surface area (Å²) in [4.78, 5) is 18.3. The topological polar surface area (TPSA) is 53.0 Å². The monoisotopic (exact) mass is 490 g/mol. The van der Waals surface area contributed by atoms with Crippen LogP contribution in [0, 0.1) is 11.8 Å². The molecule has 2 fully saturated rings. The minimum atomic E-state index is -0.367. The van der Waals surface area contributed by atoms with Crippen molar-refractivity contribution in [1.82, 2.24) is 9.80 Å². The molecule has 1 N–H and O–H groups in total. The largest absolute Gasteiger partial charge is 0.508 e. The van der Waals surface area contributed by atoms with Crippen molar-refractivity contribution >= 4 is 5.91 Å². The molecular weight excluding hydrogens is 448 g/mol. The van der Waals surface area contributed by atoms with Gasteiger partial charge >= 0.3 is 0 Å². The summed E-state index contributed by atoms with van der Waals surface area (Å²) in [5.41, 5.74) is 2.68. The molecule has 3 aliphatic rings. The van der Waals surface area contributed by atoms with Crippen LogP contribution < -0.4 is 0 Å². The Hall–Kier alpha value is -2.37. The van der Waals surface area contributed by atoms with Crippen LogP contribution in [0.4, 0.5) is 0 Å². The van der Waals surface area contributed by atoms with Crippen LogP contribution in [0.2, 0.25) is 0 Å². The number of rotatable bonds is 7. The van der Waals surface area contributed by atoms with E-state index in [9.17, 15) is 9.90 Å². The van der Waals surface area contributed by atoms with Crippen molar-refractivity contribution in [3.63, 3.8) is 0 Å². The van der Waals surface area contributed by atoms with E-state index in [-0.39, 0.29) is 34.9 Å². The van der Waals surface area contributed by atoms with Gasteiger partial charge in [-0.15, -0.1) is 0 Å². The van der Waals surface area contributed by atoms with E-state index in [0.29, 0.717) is 18.3 Å². The number of ether oxygens (including phenoxy) is 1. The van der Waals surface area contributed by atoms with Gasteiger partial charge in [-0.05, 0) is 74.0 Å². The Kier molecular flexibility index (Phi) is 6.67. The number of likely N-dealkylation sites (tertiary alicyclic amines) is 1. The predicted molar refractivity (Wildman–Crippen MR) is 143 cm³/mol.